The number of hydrogen-bond donors (Lipinski definition) is 1. The Morgan fingerprint density at radius 2 is 1.71 bits per heavy atom. The average molecular weight is 389 g/mol. The van der Waals surface area contributed by atoms with E-state index in [-0.39, 0.29) is 24.1 Å². The van der Waals surface area contributed by atoms with E-state index in [0.717, 1.165) is 9.96 Å². The predicted molar refractivity (Wildman–Crippen MR) is 97.2 cm³/mol. The van der Waals surface area contributed by atoms with E-state index in [9.17, 15) is 19.2 Å². The van der Waals surface area contributed by atoms with Gasteiger partial charge in [0.15, 0.2) is 0 Å². The van der Waals surface area contributed by atoms with Crippen LogP contribution in [0.2, 0.25) is 0 Å². The summed E-state index contributed by atoms with van der Waals surface area (Å²) in [5.41, 5.74) is -0.0987. The summed E-state index contributed by atoms with van der Waals surface area (Å²) in [5.74, 6) is -1.51. The lowest BCUT2D eigenvalue weighted by molar-refractivity contribution is -0.178. The number of ether oxygens (including phenoxy) is 1. The first-order chi connectivity index (χ1) is 13.1. The molecule has 0 radical (unpaired) electrons. The number of benzene rings is 1. The topological polar surface area (TPSA) is 105 Å². The lowest BCUT2D eigenvalue weighted by Gasteiger charge is -2.23. The Hall–Kier alpha value is -2.94. The Kier molecular flexibility index (Phi) is 5.12. The summed E-state index contributed by atoms with van der Waals surface area (Å²) in [6.45, 7) is 5.29. The first kappa shape index (κ1) is 19.8. The van der Waals surface area contributed by atoms with Crippen molar-refractivity contribution in [3.8, 4) is 0 Å². The highest BCUT2D eigenvalue weighted by molar-refractivity contribution is 6.23. The molecular formula is C19H23N3O6. The van der Waals surface area contributed by atoms with Crippen molar-refractivity contribution in [2.75, 3.05) is 13.7 Å². The second-order valence-corrected chi connectivity index (χ2v) is 7.66. The monoisotopic (exact) mass is 389 g/mol. The minimum atomic E-state index is -0.988. The molecule has 4 amide bonds. The molecule has 2 aliphatic rings. The standard InChI is InChI=1S/C19H23N3O6/c1-19(2,3)28-18(26)20-10-11-9-14(17(25)22(11)27-4)21-15(23)12-7-5-6-8-13(12)16(21)24/h5-8,11,14H,9-10H2,1-4H3,(H,20,26)/t11-,14+/m1/s1. The Morgan fingerprint density at radius 1 is 1.14 bits per heavy atom. The molecule has 2 atom stereocenters. The number of fused-ring (bicyclic) bond motifs is 1. The molecule has 0 aliphatic carbocycles. The minimum absolute atomic E-state index is 0.0637. The SMILES string of the molecule is CON1C(=O)[C@@H](N2C(=O)c3ccccc3C2=O)C[C@@H]1CNC(=O)OC(C)(C)C. The van der Waals surface area contributed by atoms with Gasteiger partial charge in [-0.25, -0.2) is 9.86 Å². The summed E-state index contributed by atoms with van der Waals surface area (Å²) in [6, 6.07) is 4.92. The van der Waals surface area contributed by atoms with Gasteiger partial charge in [0.2, 0.25) is 0 Å². The molecule has 0 spiro atoms. The van der Waals surface area contributed by atoms with Crippen molar-refractivity contribution in [3.05, 3.63) is 35.4 Å². The van der Waals surface area contributed by atoms with Gasteiger partial charge in [-0.15, -0.1) is 0 Å². The minimum Gasteiger partial charge on any atom is -0.444 e. The van der Waals surface area contributed by atoms with E-state index in [2.05, 4.69) is 5.32 Å². The maximum absolute atomic E-state index is 12.8. The van der Waals surface area contributed by atoms with Crippen LogP contribution in [-0.4, -0.2) is 65.1 Å². The molecule has 150 valence electrons. The average Bonchev–Trinajstić information content (AvgIpc) is 3.06. The van der Waals surface area contributed by atoms with Crippen LogP contribution in [0.25, 0.3) is 0 Å². The third-order valence-corrected chi connectivity index (χ3v) is 4.54. The van der Waals surface area contributed by atoms with E-state index in [1.807, 2.05) is 0 Å². The number of hydrogen-bond acceptors (Lipinski definition) is 6. The fraction of sp³-hybridized carbons (Fsp3) is 0.474. The third kappa shape index (κ3) is 3.57. The lowest BCUT2D eigenvalue weighted by Crippen LogP contribution is -2.45. The molecule has 1 saturated heterocycles. The summed E-state index contributed by atoms with van der Waals surface area (Å²) >= 11 is 0. The van der Waals surface area contributed by atoms with Crippen molar-refractivity contribution < 1.29 is 28.8 Å². The summed E-state index contributed by atoms with van der Waals surface area (Å²) in [6.07, 6.45) is -0.478. The summed E-state index contributed by atoms with van der Waals surface area (Å²) in [7, 11) is 1.32. The van der Waals surface area contributed by atoms with Crippen LogP contribution < -0.4 is 5.32 Å². The summed E-state index contributed by atoms with van der Waals surface area (Å²) < 4.78 is 5.18. The lowest BCUT2D eigenvalue weighted by atomic mass is 10.1. The normalized spacial score (nSPS) is 21.9. The molecule has 1 aromatic carbocycles. The number of nitrogens with zero attached hydrogens (tertiary/aromatic N) is 2. The van der Waals surface area contributed by atoms with Gasteiger partial charge in [0.05, 0.1) is 24.3 Å². The Balaban J connectivity index is 1.73. The molecule has 0 aromatic heterocycles. The zero-order valence-corrected chi connectivity index (χ0v) is 16.2. The number of rotatable bonds is 4. The molecule has 0 saturated carbocycles. The van der Waals surface area contributed by atoms with E-state index in [1.54, 1.807) is 45.0 Å². The first-order valence-electron chi connectivity index (χ1n) is 8.95. The number of imide groups is 1. The van der Waals surface area contributed by atoms with Gasteiger partial charge >= 0.3 is 6.09 Å². The van der Waals surface area contributed by atoms with Crippen molar-refractivity contribution >= 4 is 23.8 Å². The summed E-state index contributed by atoms with van der Waals surface area (Å²) in [4.78, 5) is 56.1. The van der Waals surface area contributed by atoms with Crippen molar-refractivity contribution in [2.45, 2.75) is 44.9 Å². The van der Waals surface area contributed by atoms with Gasteiger partial charge in [-0.3, -0.25) is 24.1 Å². The number of hydroxylamine groups is 2. The molecule has 0 unspecified atom stereocenters. The smallest absolute Gasteiger partial charge is 0.407 e. The van der Waals surface area contributed by atoms with Crippen molar-refractivity contribution in [1.82, 2.24) is 15.3 Å². The van der Waals surface area contributed by atoms with E-state index in [0.29, 0.717) is 0 Å². The molecule has 3 rings (SSSR count). The van der Waals surface area contributed by atoms with Gasteiger partial charge in [0.25, 0.3) is 17.7 Å². The van der Waals surface area contributed by atoms with E-state index < -0.39 is 41.5 Å². The highest BCUT2D eigenvalue weighted by Gasteiger charge is 2.50. The van der Waals surface area contributed by atoms with E-state index in [1.165, 1.54) is 7.11 Å². The second kappa shape index (κ2) is 7.23. The number of nitrogens with one attached hydrogen (secondary N) is 1. The molecule has 1 aromatic rings. The quantitative estimate of drug-likeness (QED) is 0.779. The Bertz CT molecular complexity index is 796. The molecule has 2 heterocycles. The van der Waals surface area contributed by atoms with Crippen LogP contribution in [0.4, 0.5) is 4.79 Å². The Labute approximate surface area is 162 Å². The van der Waals surface area contributed by atoms with Crippen LogP contribution in [0.3, 0.4) is 0 Å². The van der Waals surface area contributed by atoms with Crippen molar-refractivity contribution in [3.63, 3.8) is 0 Å². The fourth-order valence-electron chi connectivity index (χ4n) is 3.41. The second-order valence-electron chi connectivity index (χ2n) is 7.66. The van der Waals surface area contributed by atoms with Gasteiger partial charge < -0.3 is 10.1 Å². The maximum Gasteiger partial charge on any atom is 0.407 e. The van der Waals surface area contributed by atoms with Gasteiger partial charge in [-0.2, -0.15) is 0 Å². The van der Waals surface area contributed by atoms with Crippen LogP contribution >= 0.6 is 0 Å². The number of alkyl carbamates (subject to hydrolysis) is 1. The van der Waals surface area contributed by atoms with Gasteiger partial charge in [0, 0.05) is 13.0 Å². The molecule has 9 heteroatoms. The number of carbonyl (C=O) groups is 4. The van der Waals surface area contributed by atoms with E-state index >= 15 is 0 Å². The number of carbonyl (C=O) groups excluding carboxylic acids is 4. The fourth-order valence-corrected chi connectivity index (χ4v) is 3.41. The molecule has 1 fully saturated rings. The van der Waals surface area contributed by atoms with Gasteiger partial charge in [-0.05, 0) is 32.9 Å². The van der Waals surface area contributed by atoms with Crippen LogP contribution in [0.15, 0.2) is 24.3 Å². The zero-order valence-electron chi connectivity index (χ0n) is 16.2. The maximum atomic E-state index is 12.8. The van der Waals surface area contributed by atoms with Crippen molar-refractivity contribution in [2.24, 2.45) is 0 Å². The van der Waals surface area contributed by atoms with Gasteiger partial charge in [-0.1, -0.05) is 12.1 Å². The number of amides is 4. The highest BCUT2D eigenvalue weighted by atomic mass is 16.7. The zero-order chi connectivity index (χ0) is 20.6. The molecule has 28 heavy (non-hydrogen) atoms. The highest BCUT2D eigenvalue weighted by Crippen LogP contribution is 2.31. The van der Waals surface area contributed by atoms with E-state index in [4.69, 9.17) is 9.57 Å². The molecule has 1 N–H and O–H groups in total. The molecule has 2 aliphatic heterocycles. The predicted octanol–water partition coefficient (Wildman–Crippen LogP) is 1.34. The van der Waals surface area contributed by atoms with Crippen molar-refractivity contribution in [1.29, 1.82) is 0 Å². The molecule has 0 bridgehead atoms. The Morgan fingerprint density at radius 3 is 2.21 bits per heavy atom. The third-order valence-electron chi connectivity index (χ3n) is 4.54. The first-order valence-corrected chi connectivity index (χ1v) is 8.95. The largest absolute Gasteiger partial charge is 0.444 e. The van der Waals surface area contributed by atoms with Crippen LogP contribution in [0, 0.1) is 0 Å². The van der Waals surface area contributed by atoms with Crippen LogP contribution in [0.1, 0.15) is 47.9 Å². The van der Waals surface area contributed by atoms with Gasteiger partial charge in [0.1, 0.15) is 11.6 Å². The van der Waals surface area contributed by atoms with Crippen LogP contribution in [0.5, 0.6) is 0 Å². The summed E-state index contributed by atoms with van der Waals surface area (Å²) in [5, 5.41) is 3.68. The molecule has 9 nitrogen and oxygen atoms in total. The molecular weight excluding hydrogens is 366 g/mol. The van der Waals surface area contributed by atoms with Crippen LogP contribution in [-0.2, 0) is 14.4 Å².